The second kappa shape index (κ2) is 7.53. The van der Waals surface area contributed by atoms with Crippen molar-refractivity contribution in [3.05, 3.63) is 65.5 Å². The van der Waals surface area contributed by atoms with Gasteiger partial charge in [0.2, 0.25) is 0 Å². The van der Waals surface area contributed by atoms with E-state index < -0.39 is 0 Å². The maximum Gasteiger partial charge on any atom is 0.195 e. The molecule has 4 nitrogen and oxygen atoms in total. The molecule has 0 saturated heterocycles. The molecule has 0 aliphatic carbocycles. The van der Waals surface area contributed by atoms with Crippen molar-refractivity contribution in [1.82, 2.24) is 14.8 Å². The maximum atomic E-state index is 5.78. The lowest BCUT2D eigenvalue weighted by atomic mass is 10.2. The van der Waals surface area contributed by atoms with Gasteiger partial charge in [-0.05, 0) is 50.6 Å². The molecule has 2 aromatic carbocycles. The van der Waals surface area contributed by atoms with Crippen molar-refractivity contribution in [2.24, 2.45) is 0 Å². The lowest BCUT2D eigenvalue weighted by Gasteiger charge is -2.10. The molecule has 0 amide bonds. The Morgan fingerprint density at radius 1 is 0.958 bits per heavy atom. The summed E-state index contributed by atoms with van der Waals surface area (Å²) in [4.78, 5) is 0. The topological polar surface area (TPSA) is 39.9 Å². The molecule has 0 atom stereocenters. The molecule has 0 aliphatic rings. The van der Waals surface area contributed by atoms with E-state index in [4.69, 9.17) is 4.74 Å². The maximum absolute atomic E-state index is 5.78. The molecule has 124 valence electrons. The van der Waals surface area contributed by atoms with Gasteiger partial charge in [-0.15, -0.1) is 10.2 Å². The molecule has 3 rings (SSSR count). The van der Waals surface area contributed by atoms with Crippen molar-refractivity contribution in [3.63, 3.8) is 0 Å². The van der Waals surface area contributed by atoms with E-state index in [1.165, 1.54) is 11.1 Å². The smallest absolute Gasteiger partial charge is 0.195 e. The Kier molecular flexibility index (Phi) is 5.20. The van der Waals surface area contributed by atoms with E-state index in [9.17, 15) is 0 Å². The summed E-state index contributed by atoms with van der Waals surface area (Å²) in [6.07, 6.45) is 0. The van der Waals surface area contributed by atoms with E-state index >= 15 is 0 Å². The predicted molar refractivity (Wildman–Crippen MR) is 98.2 cm³/mol. The molecule has 1 aromatic heterocycles. The van der Waals surface area contributed by atoms with Gasteiger partial charge in [0.05, 0.1) is 6.61 Å². The van der Waals surface area contributed by atoms with Gasteiger partial charge in [-0.25, -0.2) is 0 Å². The number of aromatic nitrogens is 3. The first-order chi connectivity index (χ1) is 11.6. The number of aryl methyl sites for hydroxylation is 3. The van der Waals surface area contributed by atoms with E-state index in [0.717, 1.165) is 28.2 Å². The van der Waals surface area contributed by atoms with Crippen LogP contribution in [0.2, 0.25) is 0 Å². The molecular formula is C19H21N3OS. The largest absolute Gasteiger partial charge is 0.493 e. The number of ether oxygens (including phenoxy) is 1. The molecule has 0 radical (unpaired) electrons. The summed E-state index contributed by atoms with van der Waals surface area (Å²) < 4.78 is 7.86. The van der Waals surface area contributed by atoms with E-state index in [0.29, 0.717) is 6.61 Å². The molecule has 0 aliphatic heterocycles. The van der Waals surface area contributed by atoms with Crippen LogP contribution in [0.4, 0.5) is 0 Å². The molecule has 0 saturated carbocycles. The average molecular weight is 339 g/mol. The van der Waals surface area contributed by atoms with Gasteiger partial charge in [0, 0.05) is 11.4 Å². The minimum absolute atomic E-state index is 0.632. The zero-order chi connectivity index (χ0) is 16.9. The minimum Gasteiger partial charge on any atom is -0.493 e. The fourth-order valence-electron chi connectivity index (χ4n) is 2.43. The Hall–Kier alpha value is -2.27. The van der Waals surface area contributed by atoms with Gasteiger partial charge < -0.3 is 4.74 Å². The molecule has 3 aromatic rings. The van der Waals surface area contributed by atoms with E-state index in [1.54, 1.807) is 11.8 Å². The number of thioether (sulfide) groups is 1. The number of nitrogens with zero attached hydrogens (tertiary/aromatic N) is 3. The third kappa shape index (κ3) is 3.97. The first-order valence-electron chi connectivity index (χ1n) is 7.95. The van der Waals surface area contributed by atoms with Crippen LogP contribution in [0.3, 0.4) is 0 Å². The lowest BCUT2D eigenvalue weighted by Crippen LogP contribution is -2.03. The zero-order valence-electron chi connectivity index (χ0n) is 14.2. The lowest BCUT2D eigenvalue weighted by molar-refractivity contribution is 0.344. The van der Waals surface area contributed by atoms with Crippen LogP contribution in [0.5, 0.6) is 5.75 Å². The fourth-order valence-corrected chi connectivity index (χ4v) is 3.24. The number of rotatable bonds is 6. The Labute approximate surface area is 146 Å². The van der Waals surface area contributed by atoms with Gasteiger partial charge >= 0.3 is 0 Å². The number of benzene rings is 2. The molecule has 24 heavy (non-hydrogen) atoms. The van der Waals surface area contributed by atoms with Crippen LogP contribution < -0.4 is 4.74 Å². The Morgan fingerprint density at radius 3 is 2.50 bits per heavy atom. The van der Waals surface area contributed by atoms with Gasteiger partial charge in [0.1, 0.15) is 11.6 Å². The summed E-state index contributed by atoms with van der Waals surface area (Å²) in [5.74, 6) is 2.61. The van der Waals surface area contributed by atoms with Crippen molar-refractivity contribution in [1.29, 1.82) is 0 Å². The highest BCUT2D eigenvalue weighted by Crippen LogP contribution is 2.22. The average Bonchev–Trinajstić information content (AvgIpc) is 2.94. The van der Waals surface area contributed by atoms with Crippen LogP contribution in [0, 0.1) is 20.8 Å². The van der Waals surface area contributed by atoms with Crippen LogP contribution in [-0.2, 0) is 0 Å². The summed E-state index contributed by atoms with van der Waals surface area (Å²) in [6, 6.07) is 16.5. The SMILES string of the molecule is Cc1ccc(OCCSc2nnc(C)n2-c2cccc(C)c2)cc1. The van der Waals surface area contributed by atoms with Gasteiger partial charge in [-0.3, -0.25) is 4.57 Å². The van der Waals surface area contributed by atoms with Crippen molar-refractivity contribution >= 4 is 11.8 Å². The van der Waals surface area contributed by atoms with Crippen LogP contribution in [-0.4, -0.2) is 27.1 Å². The molecule has 1 heterocycles. The Balaban J connectivity index is 1.63. The second-order valence-electron chi connectivity index (χ2n) is 5.71. The number of hydrogen-bond acceptors (Lipinski definition) is 4. The highest BCUT2D eigenvalue weighted by Gasteiger charge is 2.11. The number of hydrogen-bond donors (Lipinski definition) is 0. The fraction of sp³-hybridized carbons (Fsp3) is 0.263. The van der Waals surface area contributed by atoms with Gasteiger partial charge in [-0.2, -0.15) is 0 Å². The van der Waals surface area contributed by atoms with E-state index in [1.807, 2.05) is 19.1 Å². The van der Waals surface area contributed by atoms with Crippen molar-refractivity contribution in [3.8, 4) is 11.4 Å². The molecular weight excluding hydrogens is 318 g/mol. The van der Waals surface area contributed by atoms with Gasteiger partial charge in [0.25, 0.3) is 0 Å². The highest BCUT2D eigenvalue weighted by atomic mass is 32.2. The highest BCUT2D eigenvalue weighted by molar-refractivity contribution is 7.99. The predicted octanol–water partition coefficient (Wildman–Crippen LogP) is 4.36. The van der Waals surface area contributed by atoms with E-state index in [2.05, 4.69) is 65.0 Å². The Morgan fingerprint density at radius 2 is 1.75 bits per heavy atom. The summed E-state index contributed by atoms with van der Waals surface area (Å²) in [5, 5.41) is 9.41. The monoisotopic (exact) mass is 339 g/mol. The van der Waals surface area contributed by atoms with Crippen molar-refractivity contribution < 1.29 is 4.74 Å². The summed E-state index contributed by atoms with van der Waals surface area (Å²) in [7, 11) is 0. The van der Waals surface area contributed by atoms with Crippen LogP contribution in [0.1, 0.15) is 17.0 Å². The molecule has 0 N–H and O–H groups in total. The zero-order valence-corrected chi connectivity index (χ0v) is 15.0. The normalized spacial score (nSPS) is 10.8. The third-order valence-electron chi connectivity index (χ3n) is 3.66. The van der Waals surface area contributed by atoms with E-state index in [-0.39, 0.29) is 0 Å². The van der Waals surface area contributed by atoms with Crippen LogP contribution >= 0.6 is 11.8 Å². The van der Waals surface area contributed by atoms with Gasteiger partial charge in [0.15, 0.2) is 5.16 Å². The minimum atomic E-state index is 0.632. The summed E-state index contributed by atoms with van der Waals surface area (Å²) in [5.41, 5.74) is 3.55. The molecule has 5 heteroatoms. The van der Waals surface area contributed by atoms with Crippen LogP contribution in [0.15, 0.2) is 53.7 Å². The summed E-state index contributed by atoms with van der Waals surface area (Å²) in [6.45, 7) is 6.77. The molecule has 0 unspecified atom stereocenters. The quantitative estimate of drug-likeness (QED) is 0.494. The molecule has 0 bridgehead atoms. The van der Waals surface area contributed by atoms with Crippen molar-refractivity contribution in [2.75, 3.05) is 12.4 Å². The standard InChI is InChI=1S/C19H21N3OS/c1-14-7-9-18(10-8-14)23-11-12-24-19-21-20-16(3)22(19)17-6-4-5-15(2)13-17/h4-10,13H,11-12H2,1-3H3. The first kappa shape index (κ1) is 16.6. The van der Waals surface area contributed by atoms with Gasteiger partial charge in [-0.1, -0.05) is 41.6 Å². The van der Waals surface area contributed by atoms with Crippen molar-refractivity contribution in [2.45, 2.75) is 25.9 Å². The molecule has 0 fully saturated rings. The molecule has 0 spiro atoms. The first-order valence-corrected chi connectivity index (χ1v) is 8.93. The summed E-state index contributed by atoms with van der Waals surface area (Å²) >= 11 is 1.66. The second-order valence-corrected chi connectivity index (χ2v) is 6.78. The third-order valence-corrected chi connectivity index (χ3v) is 4.55. The Bertz CT molecular complexity index is 812. The van der Waals surface area contributed by atoms with Crippen LogP contribution in [0.25, 0.3) is 5.69 Å².